The first kappa shape index (κ1) is 19.0. The van der Waals surface area contributed by atoms with Crippen molar-refractivity contribution in [3.05, 3.63) is 33.4 Å². The predicted octanol–water partition coefficient (Wildman–Crippen LogP) is 4.03. The number of piperidine rings is 1. The van der Waals surface area contributed by atoms with Crippen LogP contribution in [0.2, 0.25) is 0 Å². The highest BCUT2D eigenvalue weighted by atomic mass is 16.6. The normalized spacial score (nSPS) is 15.8. The van der Waals surface area contributed by atoms with Crippen LogP contribution >= 0.6 is 0 Å². The number of hydrogen-bond donors (Lipinski definition) is 0. The molecule has 1 fully saturated rings. The van der Waals surface area contributed by atoms with Gasteiger partial charge in [0.1, 0.15) is 5.60 Å². The zero-order valence-electron chi connectivity index (χ0n) is 15.5. The van der Waals surface area contributed by atoms with E-state index in [-0.39, 0.29) is 23.4 Å². The van der Waals surface area contributed by atoms with Gasteiger partial charge in [0, 0.05) is 19.2 Å². The summed E-state index contributed by atoms with van der Waals surface area (Å²) in [7, 11) is 1.44. The molecule has 1 aromatic carbocycles. The van der Waals surface area contributed by atoms with Crippen molar-refractivity contribution < 1.29 is 19.2 Å². The number of carbonyl (C=O) groups excluding carboxylic acids is 1. The Bertz CT molecular complexity index is 658. The average molecular weight is 350 g/mol. The number of carbonyl (C=O) groups is 1. The van der Waals surface area contributed by atoms with Crippen LogP contribution in [0, 0.1) is 17.0 Å². The number of nitro benzene ring substituents is 1. The molecule has 1 amide bonds. The third kappa shape index (κ3) is 4.61. The fourth-order valence-electron chi connectivity index (χ4n) is 3.13. The molecule has 0 spiro atoms. The van der Waals surface area contributed by atoms with Gasteiger partial charge in [-0.1, -0.05) is 0 Å². The summed E-state index contributed by atoms with van der Waals surface area (Å²) in [6, 6.07) is 3.33. The lowest BCUT2D eigenvalue weighted by atomic mass is 9.86. The Labute approximate surface area is 148 Å². The summed E-state index contributed by atoms with van der Waals surface area (Å²) in [5, 5.41) is 11.1. The van der Waals surface area contributed by atoms with Gasteiger partial charge in [0.15, 0.2) is 5.75 Å². The van der Waals surface area contributed by atoms with Crippen molar-refractivity contribution in [3.63, 3.8) is 0 Å². The van der Waals surface area contributed by atoms with Gasteiger partial charge in [-0.25, -0.2) is 4.79 Å². The van der Waals surface area contributed by atoms with E-state index in [0.29, 0.717) is 13.1 Å². The van der Waals surface area contributed by atoms with Gasteiger partial charge in [0.05, 0.1) is 12.0 Å². The van der Waals surface area contributed by atoms with Crippen molar-refractivity contribution in [1.29, 1.82) is 0 Å². The van der Waals surface area contributed by atoms with Crippen LogP contribution in [0.15, 0.2) is 12.1 Å². The molecule has 0 N–H and O–H groups in total. The summed E-state index contributed by atoms with van der Waals surface area (Å²) < 4.78 is 10.6. The molecule has 0 unspecified atom stereocenters. The topological polar surface area (TPSA) is 81.9 Å². The molecule has 0 atom stereocenters. The molecule has 0 aliphatic carbocycles. The first-order valence-electron chi connectivity index (χ1n) is 8.43. The SMILES string of the molecule is COc1cc(C2CCN(C(=O)OC(C)(C)C)CC2)c(C)cc1[N+](=O)[O-]. The van der Waals surface area contributed by atoms with Crippen LogP contribution in [0.1, 0.15) is 50.7 Å². The number of aryl methyl sites for hydroxylation is 1. The molecule has 1 saturated heterocycles. The smallest absolute Gasteiger partial charge is 0.410 e. The van der Waals surface area contributed by atoms with Crippen LogP contribution in [-0.2, 0) is 4.74 Å². The number of nitrogens with zero attached hydrogens (tertiary/aromatic N) is 2. The van der Waals surface area contributed by atoms with Crippen molar-refractivity contribution in [2.45, 2.75) is 52.1 Å². The largest absolute Gasteiger partial charge is 0.490 e. The highest BCUT2D eigenvalue weighted by molar-refractivity contribution is 5.68. The molecule has 1 aromatic rings. The summed E-state index contributed by atoms with van der Waals surface area (Å²) in [5.41, 5.74) is 1.40. The van der Waals surface area contributed by atoms with Crippen molar-refractivity contribution in [2.75, 3.05) is 20.2 Å². The molecular formula is C18H26N2O5. The van der Waals surface area contributed by atoms with Crippen LogP contribution < -0.4 is 4.74 Å². The molecule has 1 heterocycles. The van der Waals surface area contributed by atoms with Crippen molar-refractivity contribution >= 4 is 11.8 Å². The Balaban J connectivity index is 2.10. The average Bonchev–Trinajstić information content (AvgIpc) is 2.53. The van der Waals surface area contributed by atoms with Gasteiger partial charge in [0.25, 0.3) is 0 Å². The Morgan fingerprint density at radius 2 is 1.88 bits per heavy atom. The van der Waals surface area contributed by atoms with E-state index in [1.165, 1.54) is 7.11 Å². The van der Waals surface area contributed by atoms with E-state index in [1.54, 1.807) is 17.0 Å². The third-order valence-corrected chi connectivity index (χ3v) is 4.35. The first-order chi connectivity index (χ1) is 11.6. The number of hydrogen-bond acceptors (Lipinski definition) is 5. The maximum Gasteiger partial charge on any atom is 0.410 e. The van der Waals surface area contributed by atoms with Crippen molar-refractivity contribution in [1.82, 2.24) is 4.90 Å². The number of likely N-dealkylation sites (tertiary alicyclic amines) is 1. The lowest BCUT2D eigenvalue weighted by Gasteiger charge is -2.34. The van der Waals surface area contributed by atoms with Gasteiger partial charge >= 0.3 is 11.8 Å². The van der Waals surface area contributed by atoms with Gasteiger partial charge in [-0.15, -0.1) is 0 Å². The number of amides is 1. The first-order valence-corrected chi connectivity index (χ1v) is 8.43. The second-order valence-electron chi connectivity index (χ2n) is 7.38. The quantitative estimate of drug-likeness (QED) is 0.607. The van der Waals surface area contributed by atoms with Crippen LogP contribution in [0.4, 0.5) is 10.5 Å². The lowest BCUT2D eigenvalue weighted by Crippen LogP contribution is -2.41. The zero-order chi connectivity index (χ0) is 18.8. The monoisotopic (exact) mass is 350 g/mol. The molecule has 7 heteroatoms. The van der Waals surface area contributed by atoms with E-state index in [9.17, 15) is 14.9 Å². The molecule has 0 aromatic heterocycles. The standard InChI is InChI=1S/C18H26N2O5/c1-12-10-15(20(22)23)16(24-5)11-14(12)13-6-8-19(9-7-13)17(21)25-18(2,3)4/h10-11,13H,6-9H2,1-5H3. The van der Waals surface area contributed by atoms with E-state index in [0.717, 1.165) is 24.0 Å². The third-order valence-electron chi connectivity index (χ3n) is 4.35. The Hall–Kier alpha value is -2.31. The summed E-state index contributed by atoms with van der Waals surface area (Å²) in [6.45, 7) is 8.65. The summed E-state index contributed by atoms with van der Waals surface area (Å²) in [6.07, 6.45) is 1.30. The predicted molar refractivity (Wildman–Crippen MR) is 94.2 cm³/mol. The number of ether oxygens (including phenoxy) is 2. The fourth-order valence-corrected chi connectivity index (χ4v) is 3.13. The molecule has 7 nitrogen and oxygen atoms in total. The minimum absolute atomic E-state index is 0.0186. The molecular weight excluding hydrogens is 324 g/mol. The van der Waals surface area contributed by atoms with E-state index in [1.807, 2.05) is 27.7 Å². The molecule has 1 aliphatic rings. The highest BCUT2D eigenvalue weighted by Gasteiger charge is 2.29. The minimum Gasteiger partial charge on any atom is -0.490 e. The van der Waals surface area contributed by atoms with Gasteiger partial charge in [-0.05, 0) is 63.6 Å². The van der Waals surface area contributed by atoms with Crippen LogP contribution in [-0.4, -0.2) is 41.7 Å². The van der Waals surface area contributed by atoms with Crippen LogP contribution in [0.5, 0.6) is 5.75 Å². The van der Waals surface area contributed by atoms with Crippen molar-refractivity contribution in [3.8, 4) is 5.75 Å². The van der Waals surface area contributed by atoms with Gasteiger partial charge in [0.2, 0.25) is 0 Å². The number of nitro groups is 1. The molecule has 25 heavy (non-hydrogen) atoms. The zero-order valence-corrected chi connectivity index (χ0v) is 15.5. The van der Waals surface area contributed by atoms with Gasteiger partial charge in [-0.2, -0.15) is 0 Å². The summed E-state index contributed by atoms with van der Waals surface area (Å²) in [4.78, 5) is 24.6. The fraction of sp³-hybridized carbons (Fsp3) is 0.611. The second-order valence-corrected chi connectivity index (χ2v) is 7.38. The maximum absolute atomic E-state index is 12.2. The van der Waals surface area contributed by atoms with Crippen LogP contribution in [0.3, 0.4) is 0 Å². The molecule has 2 rings (SSSR count). The Kier molecular flexibility index (Phi) is 5.55. The summed E-state index contributed by atoms with van der Waals surface area (Å²) in [5.74, 6) is 0.522. The van der Waals surface area contributed by atoms with E-state index < -0.39 is 10.5 Å². The maximum atomic E-state index is 12.2. The number of benzene rings is 1. The Morgan fingerprint density at radius 1 is 1.28 bits per heavy atom. The summed E-state index contributed by atoms with van der Waals surface area (Å²) >= 11 is 0. The van der Waals surface area contributed by atoms with Gasteiger partial charge < -0.3 is 14.4 Å². The minimum atomic E-state index is -0.504. The molecule has 138 valence electrons. The Morgan fingerprint density at radius 3 is 2.36 bits per heavy atom. The van der Waals surface area contributed by atoms with Gasteiger partial charge in [-0.3, -0.25) is 10.1 Å². The molecule has 0 radical (unpaired) electrons. The molecule has 0 saturated carbocycles. The second kappa shape index (κ2) is 7.29. The molecule has 1 aliphatic heterocycles. The van der Waals surface area contributed by atoms with Crippen LogP contribution in [0.25, 0.3) is 0 Å². The highest BCUT2D eigenvalue weighted by Crippen LogP contribution is 2.37. The lowest BCUT2D eigenvalue weighted by molar-refractivity contribution is -0.385. The number of methoxy groups -OCH3 is 1. The van der Waals surface area contributed by atoms with Crippen molar-refractivity contribution in [2.24, 2.45) is 0 Å². The number of rotatable bonds is 3. The van der Waals surface area contributed by atoms with E-state index in [4.69, 9.17) is 9.47 Å². The van der Waals surface area contributed by atoms with E-state index >= 15 is 0 Å². The van der Waals surface area contributed by atoms with E-state index in [2.05, 4.69) is 0 Å². The molecule has 0 bridgehead atoms.